The summed E-state index contributed by atoms with van der Waals surface area (Å²) in [5, 5.41) is 5.16. The van der Waals surface area contributed by atoms with Crippen LogP contribution >= 0.6 is 0 Å². The lowest BCUT2D eigenvalue weighted by Gasteiger charge is -2.07. The zero-order valence-electron chi connectivity index (χ0n) is 15.7. The van der Waals surface area contributed by atoms with Gasteiger partial charge in [0, 0.05) is 29.7 Å². The SMILES string of the molecule is NC(=O)CNC(=O)c1cccc(NC(=O)CCc2ccc(-c3ccccc3)o2)c1. The highest BCUT2D eigenvalue weighted by Gasteiger charge is 2.10. The Morgan fingerprint density at radius 2 is 1.72 bits per heavy atom. The highest BCUT2D eigenvalue weighted by Crippen LogP contribution is 2.22. The summed E-state index contributed by atoms with van der Waals surface area (Å²) >= 11 is 0. The maximum Gasteiger partial charge on any atom is 0.251 e. The van der Waals surface area contributed by atoms with Crippen molar-refractivity contribution in [2.75, 3.05) is 11.9 Å². The number of furan rings is 1. The van der Waals surface area contributed by atoms with Crippen LogP contribution in [0.25, 0.3) is 11.3 Å². The molecule has 0 bridgehead atoms. The molecule has 7 nitrogen and oxygen atoms in total. The number of aryl methyl sites for hydroxylation is 1. The Labute approximate surface area is 167 Å². The molecule has 0 aliphatic heterocycles. The molecule has 3 rings (SSSR count). The Morgan fingerprint density at radius 3 is 2.48 bits per heavy atom. The third kappa shape index (κ3) is 5.80. The maximum absolute atomic E-state index is 12.2. The van der Waals surface area contributed by atoms with Crippen molar-refractivity contribution in [2.24, 2.45) is 5.73 Å². The quantitative estimate of drug-likeness (QED) is 0.548. The van der Waals surface area contributed by atoms with Crippen molar-refractivity contribution in [3.8, 4) is 11.3 Å². The van der Waals surface area contributed by atoms with Crippen molar-refractivity contribution in [3.05, 3.63) is 78.1 Å². The van der Waals surface area contributed by atoms with Crippen LogP contribution < -0.4 is 16.4 Å². The van der Waals surface area contributed by atoms with E-state index in [9.17, 15) is 14.4 Å². The number of carbonyl (C=O) groups is 3. The summed E-state index contributed by atoms with van der Waals surface area (Å²) in [5.74, 6) is 0.215. The molecule has 0 aliphatic carbocycles. The van der Waals surface area contributed by atoms with Crippen molar-refractivity contribution >= 4 is 23.4 Å². The molecule has 3 aromatic rings. The first-order valence-electron chi connectivity index (χ1n) is 9.12. The van der Waals surface area contributed by atoms with Crippen LogP contribution in [0.3, 0.4) is 0 Å². The van der Waals surface area contributed by atoms with Crippen LogP contribution in [0.5, 0.6) is 0 Å². The Balaban J connectivity index is 1.53. The normalized spacial score (nSPS) is 10.3. The number of benzene rings is 2. The van der Waals surface area contributed by atoms with Gasteiger partial charge in [0.2, 0.25) is 11.8 Å². The van der Waals surface area contributed by atoms with Gasteiger partial charge in [-0.2, -0.15) is 0 Å². The zero-order valence-corrected chi connectivity index (χ0v) is 15.7. The van der Waals surface area contributed by atoms with Crippen LogP contribution in [0, 0.1) is 0 Å². The van der Waals surface area contributed by atoms with Crippen LogP contribution in [0.4, 0.5) is 5.69 Å². The molecule has 0 saturated heterocycles. The first-order chi connectivity index (χ1) is 14.0. The van der Waals surface area contributed by atoms with Crippen molar-refractivity contribution in [1.29, 1.82) is 0 Å². The van der Waals surface area contributed by atoms with Gasteiger partial charge in [0.25, 0.3) is 5.91 Å². The highest BCUT2D eigenvalue weighted by molar-refractivity contribution is 5.98. The second kappa shape index (κ2) is 9.36. The first-order valence-corrected chi connectivity index (χ1v) is 9.12. The Hall–Kier alpha value is -3.87. The zero-order chi connectivity index (χ0) is 20.6. The Bertz CT molecular complexity index is 1010. The monoisotopic (exact) mass is 391 g/mol. The number of amides is 3. The summed E-state index contributed by atoms with van der Waals surface area (Å²) in [6, 6.07) is 19.9. The first kappa shape index (κ1) is 19.9. The molecule has 0 radical (unpaired) electrons. The molecule has 0 saturated carbocycles. The standard InChI is InChI=1S/C22H21N3O4/c23-20(26)14-24-22(28)16-7-4-8-17(13-16)25-21(27)12-10-18-9-11-19(29-18)15-5-2-1-3-6-15/h1-9,11,13H,10,12,14H2,(H2,23,26)(H,24,28)(H,25,27). The summed E-state index contributed by atoms with van der Waals surface area (Å²) < 4.78 is 5.80. The van der Waals surface area contributed by atoms with E-state index in [-0.39, 0.29) is 18.9 Å². The molecule has 3 amide bonds. The number of nitrogens with two attached hydrogens (primary N) is 1. The minimum absolute atomic E-state index is 0.197. The molecule has 0 unspecified atom stereocenters. The van der Waals surface area contributed by atoms with Crippen molar-refractivity contribution in [2.45, 2.75) is 12.8 Å². The second-order valence-corrected chi connectivity index (χ2v) is 6.41. The Kier molecular flexibility index (Phi) is 6.42. The minimum Gasteiger partial charge on any atom is -0.461 e. The molecule has 29 heavy (non-hydrogen) atoms. The summed E-state index contributed by atoms with van der Waals surface area (Å²) in [6.07, 6.45) is 0.692. The molecule has 4 N–H and O–H groups in total. The average molecular weight is 391 g/mol. The van der Waals surface area contributed by atoms with Gasteiger partial charge >= 0.3 is 0 Å². The predicted octanol–water partition coefficient (Wildman–Crippen LogP) is 2.73. The Morgan fingerprint density at radius 1 is 0.931 bits per heavy atom. The van der Waals surface area contributed by atoms with Gasteiger partial charge in [-0.15, -0.1) is 0 Å². The molecule has 0 aliphatic rings. The van der Waals surface area contributed by atoms with Crippen molar-refractivity contribution in [3.63, 3.8) is 0 Å². The van der Waals surface area contributed by atoms with Crippen molar-refractivity contribution in [1.82, 2.24) is 5.32 Å². The number of rotatable bonds is 8. The lowest BCUT2D eigenvalue weighted by molar-refractivity contribution is -0.117. The summed E-state index contributed by atoms with van der Waals surface area (Å²) in [5.41, 5.74) is 6.81. The lowest BCUT2D eigenvalue weighted by Crippen LogP contribution is -2.33. The van der Waals surface area contributed by atoms with Gasteiger partial charge in [0.05, 0.1) is 6.54 Å². The molecular formula is C22H21N3O4. The predicted molar refractivity (Wildman–Crippen MR) is 109 cm³/mol. The number of carbonyl (C=O) groups excluding carboxylic acids is 3. The van der Waals surface area contributed by atoms with Crippen LogP contribution in [0.2, 0.25) is 0 Å². The summed E-state index contributed by atoms with van der Waals surface area (Å²) in [4.78, 5) is 35.0. The number of hydrogen-bond acceptors (Lipinski definition) is 4. The number of primary amides is 1. The van der Waals surface area contributed by atoms with E-state index in [0.717, 1.165) is 17.1 Å². The van der Waals surface area contributed by atoms with Gasteiger partial charge in [0.15, 0.2) is 0 Å². The van der Waals surface area contributed by atoms with E-state index in [1.165, 1.54) is 6.07 Å². The van der Waals surface area contributed by atoms with E-state index in [0.29, 0.717) is 17.7 Å². The molecule has 7 heteroatoms. The molecule has 1 aromatic heterocycles. The van der Waals surface area contributed by atoms with E-state index in [1.54, 1.807) is 18.2 Å². The molecule has 148 valence electrons. The molecule has 0 spiro atoms. The number of hydrogen-bond donors (Lipinski definition) is 3. The molecular weight excluding hydrogens is 370 g/mol. The molecule has 2 aromatic carbocycles. The van der Waals surface area contributed by atoms with Crippen LogP contribution in [-0.4, -0.2) is 24.3 Å². The summed E-state index contributed by atoms with van der Waals surface area (Å²) in [7, 11) is 0. The van der Waals surface area contributed by atoms with Gasteiger partial charge < -0.3 is 20.8 Å². The van der Waals surface area contributed by atoms with Gasteiger partial charge in [-0.05, 0) is 30.3 Å². The van der Waals surface area contributed by atoms with Gasteiger partial charge in [-0.25, -0.2) is 0 Å². The van der Waals surface area contributed by atoms with Gasteiger partial charge in [0.1, 0.15) is 11.5 Å². The van der Waals surface area contributed by atoms with E-state index in [2.05, 4.69) is 10.6 Å². The van der Waals surface area contributed by atoms with Crippen molar-refractivity contribution < 1.29 is 18.8 Å². The lowest BCUT2D eigenvalue weighted by atomic mass is 10.1. The van der Waals surface area contributed by atoms with E-state index < -0.39 is 11.8 Å². The third-order valence-corrected chi connectivity index (χ3v) is 4.15. The topological polar surface area (TPSA) is 114 Å². The minimum atomic E-state index is -0.629. The second-order valence-electron chi connectivity index (χ2n) is 6.41. The summed E-state index contributed by atoms with van der Waals surface area (Å²) in [6.45, 7) is -0.246. The van der Waals surface area contributed by atoms with Crippen LogP contribution in [-0.2, 0) is 16.0 Å². The van der Waals surface area contributed by atoms with Gasteiger partial charge in [-0.1, -0.05) is 36.4 Å². The molecule has 0 fully saturated rings. The number of nitrogens with one attached hydrogen (secondary N) is 2. The van der Waals surface area contributed by atoms with E-state index >= 15 is 0 Å². The third-order valence-electron chi connectivity index (χ3n) is 4.15. The molecule has 1 heterocycles. The van der Waals surface area contributed by atoms with Gasteiger partial charge in [-0.3, -0.25) is 14.4 Å². The molecule has 0 atom stereocenters. The average Bonchev–Trinajstić information content (AvgIpc) is 3.20. The number of anilines is 1. The van der Waals surface area contributed by atoms with E-state index in [1.807, 2.05) is 42.5 Å². The fraction of sp³-hybridized carbons (Fsp3) is 0.136. The fourth-order valence-electron chi connectivity index (χ4n) is 2.74. The fourth-order valence-corrected chi connectivity index (χ4v) is 2.74. The van der Waals surface area contributed by atoms with E-state index in [4.69, 9.17) is 10.2 Å². The van der Waals surface area contributed by atoms with Crippen LogP contribution in [0.1, 0.15) is 22.5 Å². The highest BCUT2D eigenvalue weighted by atomic mass is 16.3. The largest absolute Gasteiger partial charge is 0.461 e. The van der Waals surface area contributed by atoms with Crippen LogP contribution in [0.15, 0.2) is 71.1 Å². The smallest absolute Gasteiger partial charge is 0.251 e. The maximum atomic E-state index is 12.2.